The van der Waals surface area contributed by atoms with Crippen LogP contribution in [0.3, 0.4) is 0 Å². The Balaban J connectivity index is 1.98. The molecule has 1 atom stereocenters. The molecular formula is C13H19N5OS. The van der Waals surface area contributed by atoms with Gasteiger partial charge in [0.05, 0.1) is 11.0 Å². The normalized spacial score (nSPS) is 23.9. The van der Waals surface area contributed by atoms with Crippen molar-refractivity contribution >= 4 is 33.3 Å². The van der Waals surface area contributed by atoms with Gasteiger partial charge in [-0.3, -0.25) is 5.43 Å². The summed E-state index contributed by atoms with van der Waals surface area (Å²) in [4.78, 5) is 12.0. The number of nitrogens with zero attached hydrogens (tertiary/aromatic N) is 3. The lowest BCUT2D eigenvalue weighted by Gasteiger charge is -2.24. The van der Waals surface area contributed by atoms with E-state index in [0.717, 1.165) is 48.4 Å². The zero-order chi connectivity index (χ0) is 14.2. The summed E-state index contributed by atoms with van der Waals surface area (Å²) in [6.45, 7) is 3.59. The number of hydrogen-bond acceptors (Lipinski definition) is 7. The monoisotopic (exact) mass is 293 g/mol. The van der Waals surface area contributed by atoms with Crippen LogP contribution < -0.4 is 16.2 Å². The molecule has 2 aromatic heterocycles. The molecule has 2 aromatic rings. The molecule has 0 saturated carbocycles. The molecule has 1 aliphatic heterocycles. The molecule has 0 aliphatic carbocycles. The molecule has 3 rings (SSSR count). The predicted molar refractivity (Wildman–Crippen MR) is 81.9 cm³/mol. The third-order valence-corrected chi connectivity index (χ3v) is 4.60. The van der Waals surface area contributed by atoms with Gasteiger partial charge in [-0.25, -0.2) is 10.8 Å². The number of thiophene rings is 1. The van der Waals surface area contributed by atoms with Crippen molar-refractivity contribution < 1.29 is 5.11 Å². The topological polar surface area (TPSA) is 87.3 Å². The second-order valence-electron chi connectivity index (χ2n) is 5.49. The van der Waals surface area contributed by atoms with E-state index in [1.54, 1.807) is 11.3 Å². The van der Waals surface area contributed by atoms with E-state index in [4.69, 9.17) is 5.84 Å². The minimum absolute atomic E-state index is 0.436. The number of anilines is 2. The number of aliphatic hydroxyl groups is 1. The molecule has 108 valence electrons. The van der Waals surface area contributed by atoms with Gasteiger partial charge in [-0.15, -0.1) is 11.3 Å². The zero-order valence-electron chi connectivity index (χ0n) is 11.5. The van der Waals surface area contributed by atoms with E-state index in [9.17, 15) is 5.11 Å². The lowest BCUT2D eigenvalue weighted by atomic mass is 9.98. The molecular weight excluding hydrogens is 274 g/mol. The maximum atomic E-state index is 10.2. The molecule has 20 heavy (non-hydrogen) atoms. The fourth-order valence-electron chi connectivity index (χ4n) is 2.62. The molecule has 4 N–H and O–H groups in total. The summed E-state index contributed by atoms with van der Waals surface area (Å²) in [6, 6.07) is 2.04. The van der Waals surface area contributed by atoms with Crippen LogP contribution in [-0.2, 0) is 0 Å². The highest BCUT2D eigenvalue weighted by Crippen LogP contribution is 2.31. The molecule has 1 fully saturated rings. The number of aromatic nitrogens is 2. The number of fused-ring (bicyclic) bond motifs is 1. The molecule has 0 radical (unpaired) electrons. The lowest BCUT2D eigenvalue weighted by molar-refractivity contribution is 0.0481. The van der Waals surface area contributed by atoms with E-state index in [1.807, 2.05) is 18.4 Å². The summed E-state index contributed by atoms with van der Waals surface area (Å²) in [5, 5.41) is 13.3. The molecule has 0 amide bonds. The van der Waals surface area contributed by atoms with Crippen molar-refractivity contribution in [3.63, 3.8) is 0 Å². The van der Waals surface area contributed by atoms with Crippen molar-refractivity contribution in [3.8, 4) is 0 Å². The van der Waals surface area contributed by atoms with Crippen molar-refractivity contribution in [1.82, 2.24) is 9.97 Å². The molecule has 1 unspecified atom stereocenters. The van der Waals surface area contributed by atoms with Crippen molar-refractivity contribution in [2.45, 2.75) is 31.8 Å². The fourth-order valence-corrected chi connectivity index (χ4v) is 3.38. The van der Waals surface area contributed by atoms with Crippen LogP contribution in [-0.4, -0.2) is 33.8 Å². The molecule has 0 bridgehead atoms. The van der Waals surface area contributed by atoms with Crippen LogP contribution in [0.25, 0.3) is 10.2 Å². The van der Waals surface area contributed by atoms with Gasteiger partial charge in [0.25, 0.3) is 0 Å². The summed E-state index contributed by atoms with van der Waals surface area (Å²) >= 11 is 1.58. The van der Waals surface area contributed by atoms with Gasteiger partial charge in [0.15, 0.2) is 0 Å². The van der Waals surface area contributed by atoms with Crippen molar-refractivity contribution in [2.75, 3.05) is 23.4 Å². The molecule has 6 nitrogen and oxygen atoms in total. The van der Waals surface area contributed by atoms with E-state index in [0.29, 0.717) is 5.95 Å². The Morgan fingerprint density at radius 2 is 2.25 bits per heavy atom. The smallest absolute Gasteiger partial charge is 0.240 e. The summed E-state index contributed by atoms with van der Waals surface area (Å²) in [7, 11) is 0. The van der Waals surface area contributed by atoms with Crippen molar-refractivity contribution in [1.29, 1.82) is 0 Å². The standard InChI is InChI=1S/C13H19N5OS/c1-13(19)4-2-6-18(7-5-13)10-9-3-8-20-11(9)16-12(15-10)17-14/h3,8,19H,2,4-7,14H2,1H3,(H,15,16,17). The highest BCUT2D eigenvalue weighted by Gasteiger charge is 2.26. The largest absolute Gasteiger partial charge is 0.390 e. The van der Waals surface area contributed by atoms with E-state index < -0.39 is 5.60 Å². The van der Waals surface area contributed by atoms with E-state index in [1.165, 1.54) is 0 Å². The van der Waals surface area contributed by atoms with Gasteiger partial charge in [-0.1, -0.05) is 0 Å². The molecule has 0 spiro atoms. The first-order valence-electron chi connectivity index (χ1n) is 6.78. The highest BCUT2D eigenvalue weighted by molar-refractivity contribution is 7.16. The van der Waals surface area contributed by atoms with Crippen LogP contribution in [0.4, 0.5) is 11.8 Å². The maximum Gasteiger partial charge on any atom is 0.240 e. The second kappa shape index (κ2) is 5.16. The first-order chi connectivity index (χ1) is 9.59. The Hall–Kier alpha value is -1.44. The fraction of sp³-hybridized carbons (Fsp3) is 0.538. The predicted octanol–water partition coefficient (Wildman–Crippen LogP) is 1.72. The number of nitrogens with two attached hydrogens (primary N) is 1. The second-order valence-corrected chi connectivity index (χ2v) is 6.39. The highest BCUT2D eigenvalue weighted by atomic mass is 32.1. The van der Waals surface area contributed by atoms with Crippen LogP contribution in [0.1, 0.15) is 26.2 Å². The molecule has 3 heterocycles. The number of hydrazine groups is 1. The Labute approximate surface area is 121 Å². The third kappa shape index (κ3) is 2.56. The zero-order valence-corrected chi connectivity index (χ0v) is 12.3. The van der Waals surface area contributed by atoms with Crippen LogP contribution in [0, 0.1) is 0 Å². The average molecular weight is 293 g/mol. The van der Waals surface area contributed by atoms with Gasteiger partial charge in [-0.05, 0) is 37.6 Å². The number of nitrogens with one attached hydrogen (secondary N) is 1. The van der Waals surface area contributed by atoms with Crippen LogP contribution in [0.5, 0.6) is 0 Å². The lowest BCUT2D eigenvalue weighted by Crippen LogP contribution is -2.29. The summed E-state index contributed by atoms with van der Waals surface area (Å²) in [5.41, 5.74) is 1.95. The maximum absolute atomic E-state index is 10.2. The third-order valence-electron chi connectivity index (χ3n) is 3.80. The Kier molecular flexibility index (Phi) is 3.49. The SMILES string of the molecule is CC1(O)CCCN(c2nc(NN)nc3sccc23)CC1. The number of hydrogen-bond donors (Lipinski definition) is 3. The van der Waals surface area contributed by atoms with Gasteiger partial charge >= 0.3 is 0 Å². The van der Waals surface area contributed by atoms with Crippen LogP contribution in [0.15, 0.2) is 11.4 Å². The van der Waals surface area contributed by atoms with Gasteiger partial charge in [-0.2, -0.15) is 4.98 Å². The van der Waals surface area contributed by atoms with Crippen molar-refractivity contribution in [2.24, 2.45) is 5.84 Å². The van der Waals surface area contributed by atoms with Crippen molar-refractivity contribution in [3.05, 3.63) is 11.4 Å². The molecule has 1 aliphatic rings. The Bertz CT molecular complexity index is 612. The van der Waals surface area contributed by atoms with E-state index in [2.05, 4.69) is 20.3 Å². The summed E-state index contributed by atoms with van der Waals surface area (Å²) < 4.78 is 0. The first kappa shape index (κ1) is 13.5. The minimum Gasteiger partial charge on any atom is -0.390 e. The number of nitrogen functional groups attached to an aromatic ring is 1. The quantitative estimate of drug-likeness (QED) is 0.577. The Morgan fingerprint density at radius 3 is 3.05 bits per heavy atom. The molecule has 1 saturated heterocycles. The van der Waals surface area contributed by atoms with E-state index >= 15 is 0 Å². The van der Waals surface area contributed by atoms with Crippen LogP contribution in [0.2, 0.25) is 0 Å². The molecule has 7 heteroatoms. The Morgan fingerprint density at radius 1 is 1.40 bits per heavy atom. The van der Waals surface area contributed by atoms with Gasteiger partial charge < -0.3 is 10.0 Å². The summed E-state index contributed by atoms with van der Waals surface area (Å²) in [5.74, 6) is 6.79. The minimum atomic E-state index is -0.579. The average Bonchev–Trinajstić information content (AvgIpc) is 2.82. The van der Waals surface area contributed by atoms with E-state index in [-0.39, 0.29) is 0 Å². The number of rotatable bonds is 2. The molecule has 0 aromatic carbocycles. The van der Waals surface area contributed by atoms with Gasteiger partial charge in [0.1, 0.15) is 10.6 Å². The van der Waals surface area contributed by atoms with Gasteiger partial charge in [0.2, 0.25) is 5.95 Å². The first-order valence-corrected chi connectivity index (χ1v) is 7.66. The summed E-state index contributed by atoms with van der Waals surface area (Å²) in [6.07, 6.45) is 2.52. The van der Waals surface area contributed by atoms with Crippen LogP contribution >= 0.6 is 11.3 Å². The van der Waals surface area contributed by atoms with Gasteiger partial charge in [0, 0.05) is 13.1 Å².